The number of nitrogens with zero attached hydrogens (tertiary/aromatic N) is 3. The first-order chi connectivity index (χ1) is 10.1. The average Bonchev–Trinajstić information content (AvgIpc) is 3.35. The monoisotopic (exact) mass is 286 g/mol. The average molecular weight is 286 g/mol. The lowest BCUT2D eigenvalue weighted by molar-refractivity contribution is 0.195. The SMILES string of the molecule is CC(CN=C(N)N(C)C1CC1)N1CCc2ccccc2C1. The summed E-state index contributed by atoms with van der Waals surface area (Å²) in [4.78, 5) is 9.23. The molecule has 4 heteroatoms. The van der Waals surface area contributed by atoms with Crippen LogP contribution in [0.4, 0.5) is 0 Å². The van der Waals surface area contributed by atoms with Crippen molar-refractivity contribution in [2.45, 2.75) is 44.8 Å². The van der Waals surface area contributed by atoms with Gasteiger partial charge in [0.25, 0.3) is 0 Å². The smallest absolute Gasteiger partial charge is 0.191 e. The second-order valence-corrected chi connectivity index (χ2v) is 6.38. The molecule has 1 heterocycles. The lowest BCUT2D eigenvalue weighted by atomic mass is 9.99. The minimum absolute atomic E-state index is 0.435. The molecule has 1 aliphatic heterocycles. The molecule has 0 aromatic heterocycles. The Bertz CT molecular complexity index is 521. The Morgan fingerprint density at radius 2 is 2.10 bits per heavy atom. The van der Waals surface area contributed by atoms with E-state index in [0.29, 0.717) is 18.0 Å². The van der Waals surface area contributed by atoms with Gasteiger partial charge < -0.3 is 10.6 Å². The van der Waals surface area contributed by atoms with Gasteiger partial charge >= 0.3 is 0 Å². The number of guanidine groups is 1. The van der Waals surface area contributed by atoms with E-state index in [4.69, 9.17) is 5.73 Å². The van der Waals surface area contributed by atoms with Crippen molar-refractivity contribution < 1.29 is 0 Å². The quantitative estimate of drug-likeness (QED) is 0.678. The highest BCUT2D eigenvalue weighted by molar-refractivity contribution is 5.78. The molecule has 2 N–H and O–H groups in total. The number of rotatable bonds is 4. The maximum atomic E-state index is 6.07. The first-order valence-electron chi connectivity index (χ1n) is 7.98. The molecule has 0 bridgehead atoms. The van der Waals surface area contributed by atoms with Crippen LogP contribution in [0.3, 0.4) is 0 Å². The van der Waals surface area contributed by atoms with Crippen molar-refractivity contribution in [2.75, 3.05) is 20.1 Å². The van der Waals surface area contributed by atoms with Gasteiger partial charge in [0, 0.05) is 32.2 Å². The molecule has 4 nitrogen and oxygen atoms in total. The van der Waals surface area contributed by atoms with Crippen LogP contribution in [0.15, 0.2) is 29.3 Å². The Morgan fingerprint density at radius 1 is 1.38 bits per heavy atom. The molecular formula is C17H26N4. The fourth-order valence-electron chi connectivity index (χ4n) is 3.00. The van der Waals surface area contributed by atoms with E-state index in [2.05, 4.69) is 53.0 Å². The second-order valence-electron chi connectivity index (χ2n) is 6.38. The third kappa shape index (κ3) is 3.38. The number of nitrogens with two attached hydrogens (primary N) is 1. The molecule has 0 amide bonds. The van der Waals surface area contributed by atoms with E-state index < -0.39 is 0 Å². The summed E-state index contributed by atoms with van der Waals surface area (Å²) in [5, 5.41) is 0. The van der Waals surface area contributed by atoms with Crippen LogP contribution in [0.1, 0.15) is 30.9 Å². The molecule has 1 atom stereocenters. The van der Waals surface area contributed by atoms with Crippen LogP contribution in [-0.4, -0.2) is 48.0 Å². The maximum Gasteiger partial charge on any atom is 0.191 e. The van der Waals surface area contributed by atoms with Gasteiger partial charge in [0.2, 0.25) is 0 Å². The predicted octanol–water partition coefficient (Wildman–Crippen LogP) is 1.84. The second kappa shape index (κ2) is 6.06. The highest BCUT2D eigenvalue weighted by Crippen LogP contribution is 2.25. The van der Waals surface area contributed by atoms with Crippen LogP contribution in [0, 0.1) is 0 Å². The van der Waals surface area contributed by atoms with Crippen molar-refractivity contribution in [3.05, 3.63) is 35.4 Å². The Kier molecular flexibility index (Phi) is 4.15. The van der Waals surface area contributed by atoms with Gasteiger partial charge in [-0.2, -0.15) is 0 Å². The molecule has 0 radical (unpaired) electrons. The van der Waals surface area contributed by atoms with Gasteiger partial charge in [-0.15, -0.1) is 0 Å². The minimum atomic E-state index is 0.435. The summed E-state index contributed by atoms with van der Waals surface area (Å²) in [5.41, 5.74) is 9.03. The lowest BCUT2D eigenvalue weighted by Gasteiger charge is -2.33. The van der Waals surface area contributed by atoms with Gasteiger partial charge in [0.1, 0.15) is 0 Å². The van der Waals surface area contributed by atoms with Crippen molar-refractivity contribution in [2.24, 2.45) is 10.7 Å². The summed E-state index contributed by atoms with van der Waals surface area (Å²) < 4.78 is 0. The fraction of sp³-hybridized carbons (Fsp3) is 0.588. The highest BCUT2D eigenvalue weighted by Gasteiger charge is 2.27. The van der Waals surface area contributed by atoms with Crippen LogP contribution in [0.5, 0.6) is 0 Å². The van der Waals surface area contributed by atoms with Crippen LogP contribution in [0.2, 0.25) is 0 Å². The molecule has 1 aromatic carbocycles. The summed E-state index contributed by atoms with van der Waals surface area (Å²) in [6, 6.07) is 9.82. The Balaban J connectivity index is 1.56. The summed E-state index contributed by atoms with van der Waals surface area (Å²) in [7, 11) is 2.05. The van der Waals surface area contributed by atoms with E-state index in [1.807, 2.05) is 0 Å². The Hall–Kier alpha value is -1.55. The zero-order valence-electron chi connectivity index (χ0n) is 13.1. The molecule has 1 unspecified atom stereocenters. The number of hydrogen-bond donors (Lipinski definition) is 1. The molecule has 1 aliphatic carbocycles. The predicted molar refractivity (Wildman–Crippen MR) is 87.3 cm³/mol. The molecular weight excluding hydrogens is 260 g/mol. The zero-order valence-corrected chi connectivity index (χ0v) is 13.1. The van der Waals surface area contributed by atoms with Crippen molar-refractivity contribution in [1.82, 2.24) is 9.80 Å². The van der Waals surface area contributed by atoms with E-state index in [1.165, 1.54) is 24.0 Å². The molecule has 1 aromatic rings. The Morgan fingerprint density at radius 3 is 2.81 bits per heavy atom. The van der Waals surface area contributed by atoms with Gasteiger partial charge in [0.05, 0.1) is 6.54 Å². The van der Waals surface area contributed by atoms with Crippen molar-refractivity contribution >= 4 is 5.96 Å². The molecule has 114 valence electrons. The van der Waals surface area contributed by atoms with Crippen LogP contribution in [-0.2, 0) is 13.0 Å². The van der Waals surface area contributed by atoms with Gasteiger partial charge in [-0.25, -0.2) is 0 Å². The van der Waals surface area contributed by atoms with Gasteiger partial charge in [-0.05, 0) is 37.3 Å². The zero-order chi connectivity index (χ0) is 14.8. The van der Waals surface area contributed by atoms with E-state index in [1.54, 1.807) is 0 Å². The lowest BCUT2D eigenvalue weighted by Crippen LogP contribution is -2.41. The first-order valence-corrected chi connectivity index (χ1v) is 7.98. The number of aliphatic imine (C=N–C) groups is 1. The van der Waals surface area contributed by atoms with Gasteiger partial charge in [-0.3, -0.25) is 9.89 Å². The molecule has 2 aliphatic rings. The Labute approximate surface area is 127 Å². The van der Waals surface area contributed by atoms with E-state index in [-0.39, 0.29) is 0 Å². The molecule has 0 saturated heterocycles. The normalized spacial score (nSPS) is 21.0. The summed E-state index contributed by atoms with van der Waals surface area (Å²) in [6.07, 6.45) is 3.65. The summed E-state index contributed by atoms with van der Waals surface area (Å²) in [5.74, 6) is 0.696. The maximum absolute atomic E-state index is 6.07. The molecule has 0 spiro atoms. The minimum Gasteiger partial charge on any atom is -0.370 e. The molecule has 3 rings (SSSR count). The fourth-order valence-corrected chi connectivity index (χ4v) is 3.00. The van der Waals surface area contributed by atoms with E-state index in [0.717, 1.165) is 26.1 Å². The largest absolute Gasteiger partial charge is 0.370 e. The first kappa shape index (κ1) is 14.4. The van der Waals surface area contributed by atoms with Crippen LogP contribution >= 0.6 is 0 Å². The number of benzene rings is 1. The summed E-state index contributed by atoms with van der Waals surface area (Å²) in [6.45, 7) is 5.18. The van der Waals surface area contributed by atoms with Crippen molar-refractivity contribution in [3.63, 3.8) is 0 Å². The highest BCUT2D eigenvalue weighted by atomic mass is 15.3. The van der Waals surface area contributed by atoms with Gasteiger partial charge in [0.15, 0.2) is 5.96 Å². The third-order valence-electron chi connectivity index (χ3n) is 4.76. The molecule has 21 heavy (non-hydrogen) atoms. The van der Waals surface area contributed by atoms with Crippen LogP contribution < -0.4 is 5.73 Å². The number of fused-ring (bicyclic) bond motifs is 1. The number of hydrogen-bond acceptors (Lipinski definition) is 2. The standard InChI is InChI=1S/C17H26N4/c1-13(11-19-17(18)20(2)16-7-8-16)21-10-9-14-5-3-4-6-15(14)12-21/h3-6,13,16H,7-12H2,1-2H3,(H2,18,19). The summed E-state index contributed by atoms with van der Waals surface area (Å²) >= 11 is 0. The van der Waals surface area contributed by atoms with Crippen LogP contribution in [0.25, 0.3) is 0 Å². The van der Waals surface area contributed by atoms with Crippen molar-refractivity contribution in [3.8, 4) is 0 Å². The van der Waals surface area contributed by atoms with E-state index >= 15 is 0 Å². The molecule has 1 saturated carbocycles. The topological polar surface area (TPSA) is 44.9 Å². The van der Waals surface area contributed by atoms with E-state index in [9.17, 15) is 0 Å². The van der Waals surface area contributed by atoms with Gasteiger partial charge in [-0.1, -0.05) is 24.3 Å². The third-order valence-corrected chi connectivity index (χ3v) is 4.76. The molecule has 1 fully saturated rings. The van der Waals surface area contributed by atoms with Crippen molar-refractivity contribution in [1.29, 1.82) is 0 Å².